The Labute approximate surface area is 173 Å². The maximum absolute atomic E-state index is 12.1. The van der Waals surface area contributed by atoms with E-state index < -0.39 is 0 Å². The van der Waals surface area contributed by atoms with Crippen molar-refractivity contribution in [2.75, 3.05) is 26.9 Å². The van der Waals surface area contributed by atoms with Gasteiger partial charge in [-0.2, -0.15) is 0 Å². The van der Waals surface area contributed by atoms with Crippen molar-refractivity contribution in [1.82, 2.24) is 4.90 Å². The Balaban J connectivity index is 1.53. The van der Waals surface area contributed by atoms with Gasteiger partial charge in [-0.05, 0) is 61.9 Å². The first-order valence-electron chi connectivity index (χ1n) is 10.5. The summed E-state index contributed by atoms with van der Waals surface area (Å²) in [6.45, 7) is 3.63. The first-order chi connectivity index (χ1) is 14.2. The van der Waals surface area contributed by atoms with Crippen LogP contribution in [0.15, 0.2) is 48.5 Å². The monoisotopic (exact) mass is 397 g/mol. The Morgan fingerprint density at radius 1 is 1.14 bits per heavy atom. The van der Waals surface area contributed by atoms with Gasteiger partial charge in [0.05, 0.1) is 20.3 Å². The molecule has 1 fully saturated rings. The van der Waals surface area contributed by atoms with Gasteiger partial charge < -0.3 is 19.1 Å². The number of amides is 1. The molecule has 1 unspecified atom stereocenters. The SMILES string of the molecule is CCOC(=O)N1CCCC1CCOc1ccccc1CCc1cccc(OC)c1. The van der Waals surface area contributed by atoms with E-state index in [0.717, 1.165) is 50.1 Å². The topological polar surface area (TPSA) is 48.0 Å². The molecule has 156 valence electrons. The Hall–Kier alpha value is -2.69. The van der Waals surface area contributed by atoms with E-state index in [1.807, 2.05) is 42.2 Å². The summed E-state index contributed by atoms with van der Waals surface area (Å²) in [4.78, 5) is 13.9. The molecule has 0 aliphatic carbocycles. The standard InChI is InChI=1S/C24H31NO4/c1-3-28-24(26)25-16-7-10-21(25)15-17-29-23-12-5-4-9-20(23)14-13-19-8-6-11-22(18-19)27-2/h4-6,8-9,11-12,18,21H,3,7,10,13-17H2,1-2H3. The van der Waals surface area contributed by atoms with Gasteiger partial charge in [0.1, 0.15) is 11.5 Å². The predicted molar refractivity (Wildman–Crippen MR) is 114 cm³/mol. The van der Waals surface area contributed by atoms with Gasteiger partial charge in [-0.25, -0.2) is 4.79 Å². The number of aryl methyl sites for hydroxylation is 2. The molecular formula is C24H31NO4. The van der Waals surface area contributed by atoms with Crippen molar-refractivity contribution in [3.05, 3.63) is 59.7 Å². The molecule has 0 radical (unpaired) electrons. The number of carbonyl (C=O) groups excluding carboxylic acids is 1. The fraction of sp³-hybridized carbons (Fsp3) is 0.458. The van der Waals surface area contributed by atoms with Gasteiger partial charge in [0.15, 0.2) is 0 Å². The van der Waals surface area contributed by atoms with Crippen molar-refractivity contribution in [2.24, 2.45) is 0 Å². The van der Waals surface area contributed by atoms with Crippen molar-refractivity contribution in [3.63, 3.8) is 0 Å². The Morgan fingerprint density at radius 3 is 2.83 bits per heavy atom. The smallest absolute Gasteiger partial charge is 0.409 e. The zero-order valence-corrected chi connectivity index (χ0v) is 17.4. The van der Waals surface area contributed by atoms with E-state index in [-0.39, 0.29) is 12.1 Å². The van der Waals surface area contributed by atoms with Crippen LogP contribution < -0.4 is 9.47 Å². The molecule has 0 spiro atoms. The van der Waals surface area contributed by atoms with Gasteiger partial charge in [-0.15, -0.1) is 0 Å². The van der Waals surface area contributed by atoms with E-state index in [2.05, 4.69) is 18.2 Å². The number of rotatable bonds is 9. The highest BCUT2D eigenvalue weighted by Crippen LogP contribution is 2.24. The molecule has 29 heavy (non-hydrogen) atoms. The quantitative estimate of drug-likeness (QED) is 0.606. The van der Waals surface area contributed by atoms with Crippen LogP contribution in [0.2, 0.25) is 0 Å². The van der Waals surface area contributed by atoms with Crippen LogP contribution in [0.25, 0.3) is 0 Å². The third kappa shape index (κ3) is 5.89. The zero-order valence-electron chi connectivity index (χ0n) is 17.4. The van der Waals surface area contributed by atoms with Crippen LogP contribution in [0.4, 0.5) is 4.79 Å². The van der Waals surface area contributed by atoms with E-state index in [4.69, 9.17) is 14.2 Å². The van der Waals surface area contributed by atoms with Gasteiger partial charge in [0.2, 0.25) is 0 Å². The number of nitrogens with zero attached hydrogens (tertiary/aromatic N) is 1. The highest BCUT2D eigenvalue weighted by atomic mass is 16.6. The molecule has 0 bridgehead atoms. The molecule has 1 aliphatic rings. The molecule has 0 N–H and O–H groups in total. The number of methoxy groups -OCH3 is 1. The van der Waals surface area contributed by atoms with E-state index in [0.29, 0.717) is 13.2 Å². The molecule has 1 aliphatic heterocycles. The molecule has 1 atom stereocenters. The minimum atomic E-state index is -0.200. The van der Waals surface area contributed by atoms with Gasteiger partial charge >= 0.3 is 6.09 Å². The highest BCUT2D eigenvalue weighted by Gasteiger charge is 2.29. The van der Waals surface area contributed by atoms with Crippen LogP contribution in [-0.2, 0) is 17.6 Å². The lowest BCUT2D eigenvalue weighted by Gasteiger charge is -2.24. The fourth-order valence-electron chi connectivity index (χ4n) is 3.85. The van der Waals surface area contributed by atoms with Gasteiger partial charge in [0, 0.05) is 19.0 Å². The predicted octanol–water partition coefficient (Wildman–Crippen LogP) is 4.87. The highest BCUT2D eigenvalue weighted by molar-refractivity contribution is 5.68. The van der Waals surface area contributed by atoms with Gasteiger partial charge in [-0.3, -0.25) is 0 Å². The molecule has 1 heterocycles. The van der Waals surface area contributed by atoms with Crippen molar-refractivity contribution >= 4 is 6.09 Å². The summed E-state index contributed by atoms with van der Waals surface area (Å²) < 4.78 is 16.6. The summed E-state index contributed by atoms with van der Waals surface area (Å²) in [5, 5.41) is 0. The Kier molecular flexibility index (Phi) is 7.79. The van der Waals surface area contributed by atoms with Crippen LogP contribution in [0.3, 0.4) is 0 Å². The first-order valence-corrected chi connectivity index (χ1v) is 10.5. The molecule has 2 aromatic rings. The van der Waals surface area contributed by atoms with Crippen LogP contribution in [0.5, 0.6) is 11.5 Å². The minimum Gasteiger partial charge on any atom is -0.497 e. The molecule has 0 saturated carbocycles. The largest absolute Gasteiger partial charge is 0.497 e. The Bertz CT molecular complexity index is 792. The molecular weight excluding hydrogens is 366 g/mol. The van der Waals surface area contributed by atoms with Crippen LogP contribution in [0.1, 0.15) is 37.3 Å². The lowest BCUT2D eigenvalue weighted by molar-refractivity contribution is 0.0983. The lowest BCUT2D eigenvalue weighted by Crippen LogP contribution is -2.36. The number of hydrogen-bond donors (Lipinski definition) is 0. The lowest BCUT2D eigenvalue weighted by atomic mass is 10.0. The number of likely N-dealkylation sites (tertiary alicyclic amines) is 1. The number of ether oxygens (including phenoxy) is 3. The molecule has 1 saturated heterocycles. The maximum Gasteiger partial charge on any atom is 0.409 e. The molecule has 0 aromatic heterocycles. The second-order valence-electron chi connectivity index (χ2n) is 7.28. The van der Waals surface area contributed by atoms with Crippen LogP contribution in [-0.4, -0.2) is 43.9 Å². The van der Waals surface area contributed by atoms with E-state index >= 15 is 0 Å². The Morgan fingerprint density at radius 2 is 2.00 bits per heavy atom. The number of para-hydroxylation sites is 1. The third-order valence-electron chi connectivity index (χ3n) is 5.38. The summed E-state index contributed by atoms with van der Waals surface area (Å²) in [6.07, 6.45) is 4.50. The van der Waals surface area contributed by atoms with Crippen molar-refractivity contribution in [2.45, 2.75) is 45.1 Å². The van der Waals surface area contributed by atoms with Gasteiger partial charge in [-0.1, -0.05) is 30.3 Å². The van der Waals surface area contributed by atoms with Crippen LogP contribution >= 0.6 is 0 Å². The number of benzene rings is 2. The maximum atomic E-state index is 12.1. The van der Waals surface area contributed by atoms with E-state index in [1.165, 1.54) is 11.1 Å². The second kappa shape index (κ2) is 10.7. The summed E-state index contributed by atoms with van der Waals surface area (Å²) in [6, 6.07) is 16.6. The summed E-state index contributed by atoms with van der Waals surface area (Å²) in [5.41, 5.74) is 2.44. The number of carbonyl (C=O) groups is 1. The van der Waals surface area contributed by atoms with Crippen molar-refractivity contribution < 1.29 is 19.0 Å². The van der Waals surface area contributed by atoms with Crippen molar-refractivity contribution in [3.8, 4) is 11.5 Å². The van der Waals surface area contributed by atoms with E-state index in [9.17, 15) is 4.79 Å². The summed E-state index contributed by atoms with van der Waals surface area (Å²) in [5.74, 6) is 1.81. The van der Waals surface area contributed by atoms with E-state index in [1.54, 1.807) is 7.11 Å². The van der Waals surface area contributed by atoms with Crippen LogP contribution in [0, 0.1) is 0 Å². The minimum absolute atomic E-state index is 0.200. The third-order valence-corrected chi connectivity index (χ3v) is 5.38. The molecule has 5 heteroatoms. The van der Waals surface area contributed by atoms with Gasteiger partial charge in [0.25, 0.3) is 0 Å². The van der Waals surface area contributed by atoms with Crippen molar-refractivity contribution in [1.29, 1.82) is 0 Å². The zero-order chi connectivity index (χ0) is 20.5. The molecule has 3 rings (SSSR count). The molecule has 1 amide bonds. The molecule has 5 nitrogen and oxygen atoms in total. The summed E-state index contributed by atoms with van der Waals surface area (Å²) >= 11 is 0. The average molecular weight is 398 g/mol. The second-order valence-corrected chi connectivity index (χ2v) is 7.28. The number of hydrogen-bond acceptors (Lipinski definition) is 4. The normalized spacial score (nSPS) is 15.9. The summed E-state index contributed by atoms with van der Waals surface area (Å²) in [7, 11) is 1.69. The first kappa shape index (κ1) is 21.0. The fourth-order valence-corrected chi connectivity index (χ4v) is 3.85. The average Bonchev–Trinajstić information content (AvgIpc) is 3.22. The molecule has 2 aromatic carbocycles.